The van der Waals surface area contributed by atoms with Crippen molar-refractivity contribution in [3.63, 3.8) is 0 Å². The van der Waals surface area contributed by atoms with Crippen LogP contribution in [0.25, 0.3) is 0 Å². The molecule has 1 fully saturated rings. The average Bonchev–Trinajstić information content (AvgIpc) is 3.17. The first-order valence-corrected chi connectivity index (χ1v) is 10.8. The number of carbonyl (C=O) groups excluding carboxylic acids is 1. The molecule has 1 saturated heterocycles. The highest BCUT2D eigenvalue weighted by Gasteiger charge is 2.31. The molecule has 1 aromatic carbocycles. The zero-order valence-electron chi connectivity index (χ0n) is 16.7. The van der Waals surface area contributed by atoms with E-state index in [1.54, 1.807) is 6.33 Å². The normalized spacial score (nSPS) is 23.8. The zero-order chi connectivity index (χ0) is 20.5. The summed E-state index contributed by atoms with van der Waals surface area (Å²) in [4.78, 5) is 25.9. The topological polar surface area (TPSA) is 82.6 Å². The molecule has 4 aliphatic heterocycles. The molecule has 0 spiro atoms. The summed E-state index contributed by atoms with van der Waals surface area (Å²) in [5.41, 5.74) is 1.96. The van der Waals surface area contributed by atoms with Gasteiger partial charge in [0.1, 0.15) is 23.7 Å². The number of ether oxygens (including phenoxy) is 1. The van der Waals surface area contributed by atoms with Gasteiger partial charge in [0.05, 0.1) is 11.6 Å². The van der Waals surface area contributed by atoms with Crippen LogP contribution in [-0.2, 0) is 4.79 Å². The summed E-state index contributed by atoms with van der Waals surface area (Å²) in [6.07, 6.45) is 2.74. The molecule has 0 saturated carbocycles. The Morgan fingerprint density at radius 2 is 1.97 bits per heavy atom. The van der Waals surface area contributed by atoms with Crippen molar-refractivity contribution in [3.8, 4) is 5.75 Å². The number of benzene rings is 1. The Hall–Kier alpha value is -2.58. The molecule has 2 aromatic rings. The Labute approximate surface area is 180 Å². The maximum atomic E-state index is 12.5. The first kappa shape index (κ1) is 19.4. The number of rotatable bonds is 0. The van der Waals surface area contributed by atoms with Gasteiger partial charge in [-0.3, -0.25) is 9.69 Å². The lowest BCUT2D eigenvalue weighted by Gasteiger charge is -2.36. The first-order chi connectivity index (χ1) is 14.7. The van der Waals surface area contributed by atoms with Gasteiger partial charge in [0.15, 0.2) is 0 Å². The summed E-state index contributed by atoms with van der Waals surface area (Å²) in [7, 11) is 0. The monoisotopic (exact) mass is 428 g/mol. The fourth-order valence-electron chi connectivity index (χ4n) is 4.38. The highest BCUT2D eigenvalue weighted by atomic mass is 35.5. The summed E-state index contributed by atoms with van der Waals surface area (Å²) >= 11 is 6.32. The standard InChI is InChI=1S/C21H25ClN6O2/c22-16-4-3-15-10-17(16)30-9-1-2-18(29)28-7-5-27(6-8-28)12-14-11-23-20-19(14)21(26-15)25-13-24-20/h3-4,10,13-14H,1-2,5-9,11-12H2,(H2,23,24,25,26). The Morgan fingerprint density at radius 1 is 1.13 bits per heavy atom. The number of halogens is 1. The minimum absolute atomic E-state index is 0.202. The van der Waals surface area contributed by atoms with E-state index in [0.29, 0.717) is 30.2 Å². The highest BCUT2D eigenvalue weighted by molar-refractivity contribution is 6.32. The number of piperazine rings is 1. The smallest absolute Gasteiger partial charge is 0.222 e. The van der Waals surface area contributed by atoms with Crippen LogP contribution in [0.2, 0.25) is 5.02 Å². The van der Waals surface area contributed by atoms with Crippen LogP contribution in [0.3, 0.4) is 0 Å². The molecule has 0 aliphatic carbocycles. The highest BCUT2D eigenvalue weighted by Crippen LogP contribution is 2.37. The molecule has 2 N–H and O–H groups in total. The van der Waals surface area contributed by atoms with Gasteiger partial charge in [-0.15, -0.1) is 0 Å². The first-order valence-electron chi connectivity index (χ1n) is 10.5. The van der Waals surface area contributed by atoms with Gasteiger partial charge in [0, 0.05) is 68.9 Å². The van der Waals surface area contributed by atoms with Crippen molar-refractivity contribution in [3.05, 3.63) is 35.1 Å². The SMILES string of the molecule is O=C1CCCOc2cc(ccc2Cl)Nc2ncnc3c2C(CN3)CN2CCN1CC2. The molecule has 4 aliphatic rings. The molecule has 8 nitrogen and oxygen atoms in total. The number of hydrogen-bond acceptors (Lipinski definition) is 7. The van der Waals surface area contributed by atoms with E-state index in [4.69, 9.17) is 16.3 Å². The molecule has 158 valence electrons. The van der Waals surface area contributed by atoms with E-state index >= 15 is 0 Å². The summed E-state index contributed by atoms with van der Waals surface area (Å²) in [6.45, 7) is 5.52. The second-order valence-electron chi connectivity index (χ2n) is 7.97. The van der Waals surface area contributed by atoms with E-state index in [2.05, 4.69) is 25.5 Å². The summed E-state index contributed by atoms with van der Waals surface area (Å²) < 4.78 is 5.88. The Bertz CT molecular complexity index is 947. The van der Waals surface area contributed by atoms with Gasteiger partial charge in [-0.1, -0.05) is 11.6 Å². The molecule has 4 bridgehead atoms. The molecule has 1 amide bonds. The van der Waals surface area contributed by atoms with Crippen molar-refractivity contribution in [1.29, 1.82) is 0 Å². The van der Waals surface area contributed by atoms with Gasteiger partial charge in [0.25, 0.3) is 0 Å². The van der Waals surface area contributed by atoms with E-state index < -0.39 is 0 Å². The largest absolute Gasteiger partial charge is 0.492 e. The molecule has 1 unspecified atom stereocenters. The van der Waals surface area contributed by atoms with Crippen LogP contribution in [0.15, 0.2) is 24.5 Å². The minimum Gasteiger partial charge on any atom is -0.492 e. The number of nitrogens with zero attached hydrogens (tertiary/aromatic N) is 4. The third kappa shape index (κ3) is 3.89. The number of anilines is 3. The lowest BCUT2D eigenvalue weighted by Crippen LogP contribution is -2.49. The lowest BCUT2D eigenvalue weighted by molar-refractivity contribution is -0.133. The predicted octanol–water partition coefficient (Wildman–Crippen LogP) is 2.70. The maximum Gasteiger partial charge on any atom is 0.222 e. The van der Waals surface area contributed by atoms with Gasteiger partial charge in [-0.25, -0.2) is 9.97 Å². The third-order valence-electron chi connectivity index (χ3n) is 6.00. The fraction of sp³-hybridized carbons (Fsp3) is 0.476. The minimum atomic E-state index is 0.202. The van der Waals surface area contributed by atoms with Crippen LogP contribution in [0.1, 0.15) is 24.3 Å². The van der Waals surface area contributed by atoms with Crippen LogP contribution in [0, 0.1) is 0 Å². The van der Waals surface area contributed by atoms with Gasteiger partial charge in [-0.05, 0) is 18.6 Å². The van der Waals surface area contributed by atoms with Crippen molar-refractivity contribution in [1.82, 2.24) is 19.8 Å². The van der Waals surface area contributed by atoms with Crippen LogP contribution in [-0.4, -0.2) is 71.6 Å². The number of nitrogens with one attached hydrogen (secondary N) is 2. The van der Waals surface area contributed by atoms with Gasteiger partial charge < -0.3 is 20.3 Å². The average molecular weight is 429 g/mol. The molecule has 0 radical (unpaired) electrons. The molecule has 5 heterocycles. The number of carbonyl (C=O) groups is 1. The Morgan fingerprint density at radius 3 is 2.83 bits per heavy atom. The summed E-state index contributed by atoms with van der Waals surface area (Å²) in [6, 6.07) is 5.61. The lowest BCUT2D eigenvalue weighted by atomic mass is 10.0. The molecule has 9 heteroatoms. The van der Waals surface area contributed by atoms with Gasteiger partial charge in [-0.2, -0.15) is 0 Å². The van der Waals surface area contributed by atoms with Crippen molar-refractivity contribution >= 4 is 34.8 Å². The molecular weight excluding hydrogens is 404 g/mol. The Balaban J connectivity index is 1.47. The van der Waals surface area contributed by atoms with Crippen molar-refractivity contribution in [2.24, 2.45) is 0 Å². The number of amides is 1. The second-order valence-corrected chi connectivity index (χ2v) is 8.37. The van der Waals surface area contributed by atoms with E-state index in [1.165, 1.54) is 0 Å². The van der Waals surface area contributed by atoms with E-state index in [9.17, 15) is 4.79 Å². The number of fused-ring (bicyclic) bond motifs is 6. The molecule has 30 heavy (non-hydrogen) atoms. The maximum absolute atomic E-state index is 12.5. The molecule has 1 atom stereocenters. The van der Waals surface area contributed by atoms with Crippen LogP contribution >= 0.6 is 11.6 Å². The van der Waals surface area contributed by atoms with E-state index in [1.807, 2.05) is 23.1 Å². The zero-order valence-corrected chi connectivity index (χ0v) is 17.5. The quantitative estimate of drug-likeness (QED) is 0.667. The van der Waals surface area contributed by atoms with Crippen LogP contribution in [0.5, 0.6) is 5.75 Å². The van der Waals surface area contributed by atoms with Crippen molar-refractivity contribution in [2.75, 3.05) is 56.5 Å². The van der Waals surface area contributed by atoms with E-state index in [-0.39, 0.29) is 11.8 Å². The second kappa shape index (κ2) is 8.28. The molecule has 6 rings (SSSR count). The van der Waals surface area contributed by atoms with Crippen LogP contribution < -0.4 is 15.4 Å². The van der Waals surface area contributed by atoms with Crippen molar-refractivity contribution < 1.29 is 9.53 Å². The number of aromatic nitrogens is 2. The van der Waals surface area contributed by atoms with E-state index in [0.717, 1.165) is 62.2 Å². The number of hydrogen-bond donors (Lipinski definition) is 2. The van der Waals surface area contributed by atoms with Gasteiger partial charge in [0.2, 0.25) is 5.91 Å². The fourth-order valence-corrected chi connectivity index (χ4v) is 4.56. The Kier molecular flexibility index (Phi) is 5.35. The molecule has 1 aromatic heterocycles. The molecular formula is C21H25ClN6O2. The summed E-state index contributed by atoms with van der Waals surface area (Å²) in [5, 5.41) is 7.40. The van der Waals surface area contributed by atoms with Gasteiger partial charge >= 0.3 is 0 Å². The van der Waals surface area contributed by atoms with Crippen LogP contribution in [0.4, 0.5) is 17.3 Å². The third-order valence-corrected chi connectivity index (χ3v) is 6.31. The summed E-state index contributed by atoms with van der Waals surface area (Å²) in [5.74, 6) is 2.78. The predicted molar refractivity (Wildman–Crippen MR) is 116 cm³/mol. The van der Waals surface area contributed by atoms with Crippen molar-refractivity contribution in [2.45, 2.75) is 18.8 Å².